The topological polar surface area (TPSA) is 58.6 Å². The summed E-state index contributed by atoms with van der Waals surface area (Å²) in [6.07, 6.45) is 0.968. The number of nitrogens with zero attached hydrogens (tertiary/aromatic N) is 1. The zero-order chi connectivity index (χ0) is 20.7. The van der Waals surface area contributed by atoms with Crippen molar-refractivity contribution in [3.63, 3.8) is 0 Å². The number of carbonyl (C=O) groups is 2. The largest absolute Gasteiger partial charge is 0.385 e. The molecule has 28 heavy (non-hydrogen) atoms. The summed E-state index contributed by atoms with van der Waals surface area (Å²) in [5.41, 5.74) is 2.33. The van der Waals surface area contributed by atoms with Gasteiger partial charge < -0.3 is 10.1 Å². The van der Waals surface area contributed by atoms with Gasteiger partial charge in [-0.1, -0.05) is 44.2 Å². The lowest BCUT2D eigenvalue weighted by atomic mass is 10.0. The number of urea groups is 1. The Kier molecular flexibility index (Phi) is 7.35. The first-order valence-electron chi connectivity index (χ1n) is 9.74. The zero-order valence-corrected chi connectivity index (χ0v) is 17.4. The number of carbonyl (C=O) groups excluding carboxylic acids is 2. The Bertz CT molecular complexity index is 830. The fourth-order valence-corrected chi connectivity index (χ4v) is 3.16. The summed E-state index contributed by atoms with van der Waals surface area (Å²) in [5, 5.41) is 3.08. The monoisotopic (exact) mass is 382 g/mol. The van der Waals surface area contributed by atoms with Crippen LogP contribution < -0.4 is 10.2 Å². The van der Waals surface area contributed by atoms with Crippen LogP contribution in [-0.4, -0.2) is 31.1 Å². The van der Waals surface area contributed by atoms with Crippen LogP contribution in [0.2, 0.25) is 0 Å². The Labute approximate surface area is 167 Å². The van der Waals surface area contributed by atoms with Crippen LogP contribution in [0.1, 0.15) is 50.0 Å². The van der Waals surface area contributed by atoms with Gasteiger partial charge in [0.05, 0.1) is 11.4 Å². The van der Waals surface area contributed by atoms with Crippen molar-refractivity contribution >= 4 is 23.2 Å². The molecule has 2 amide bonds. The lowest BCUT2D eigenvalue weighted by Crippen LogP contribution is -2.49. The van der Waals surface area contributed by atoms with E-state index in [0.717, 1.165) is 11.3 Å². The molecule has 3 rings (SSSR count). The Morgan fingerprint density at radius 3 is 2.36 bits per heavy atom. The fourth-order valence-electron chi connectivity index (χ4n) is 3.16. The number of hydrogen-bond acceptors (Lipinski definition) is 3. The van der Waals surface area contributed by atoms with Gasteiger partial charge in [-0.25, -0.2) is 4.79 Å². The molecule has 2 aromatic rings. The molecule has 0 spiro atoms. The van der Waals surface area contributed by atoms with Gasteiger partial charge >= 0.3 is 6.03 Å². The predicted octanol–water partition coefficient (Wildman–Crippen LogP) is 5.11. The third kappa shape index (κ3) is 4.78. The van der Waals surface area contributed by atoms with Crippen LogP contribution in [0.4, 0.5) is 16.2 Å². The summed E-state index contributed by atoms with van der Waals surface area (Å²) in [5.74, 6) is 0.0157. The van der Waals surface area contributed by atoms with E-state index < -0.39 is 5.54 Å². The Morgan fingerprint density at radius 2 is 1.68 bits per heavy atom. The number of amides is 2. The Balaban J connectivity index is 0.00000136. The highest BCUT2D eigenvalue weighted by atomic mass is 16.5. The van der Waals surface area contributed by atoms with Gasteiger partial charge in [-0.05, 0) is 44.0 Å². The second-order valence-corrected chi connectivity index (χ2v) is 7.14. The van der Waals surface area contributed by atoms with Gasteiger partial charge in [0.25, 0.3) is 0 Å². The molecule has 5 heteroatoms. The third-order valence-electron chi connectivity index (χ3n) is 4.61. The van der Waals surface area contributed by atoms with Gasteiger partial charge in [0.1, 0.15) is 0 Å². The molecule has 0 aromatic heterocycles. The highest BCUT2D eigenvalue weighted by molar-refractivity contribution is 6.12. The smallest absolute Gasteiger partial charge is 0.326 e. The number of Topliss-reactive ketones (excluding diaryl/α,β-unsaturated/α-hetero) is 1. The van der Waals surface area contributed by atoms with Crippen LogP contribution >= 0.6 is 0 Å². The first kappa shape index (κ1) is 21.6. The van der Waals surface area contributed by atoms with Crippen molar-refractivity contribution in [1.82, 2.24) is 5.32 Å². The molecule has 5 nitrogen and oxygen atoms in total. The molecule has 0 aliphatic carbocycles. The average molecular weight is 383 g/mol. The number of rotatable bonds is 4. The van der Waals surface area contributed by atoms with Gasteiger partial charge in [0.2, 0.25) is 0 Å². The first-order chi connectivity index (χ1) is 13.4. The van der Waals surface area contributed by atoms with Gasteiger partial charge in [-0.3, -0.25) is 9.69 Å². The Hall–Kier alpha value is -2.66. The van der Waals surface area contributed by atoms with Crippen LogP contribution in [0.25, 0.3) is 0 Å². The molecule has 1 aliphatic heterocycles. The summed E-state index contributed by atoms with van der Waals surface area (Å²) in [7, 11) is 1.64. The first-order valence-corrected chi connectivity index (χ1v) is 9.74. The highest BCUT2D eigenvalue weighted by Gasteiger charge is 2.31. The van der Waals surface area contributed by atoms with Crippen molar-refractivity contribution in [2.45, 2.75) is 46.1 Å². The minimum absolute atomic E-state index is 0.0157. The van der Waals surface area contributed by atoms with Crippen molar-refractivity contribution in [2.75, 3.05) is 18.6 Å². The molecule has 2 aromatic carbocycles. The SMILES string of the molecule is CC.COCCC(C)(C)NC(=O)N1c2ccccc2CC(=O)c2ccccc21. The van der Waals surface area contributed by atoms with Crippen molar-refractivity contribution in [2.24, 2.45) is 0 Å². The number of hydrogen-bond donors (Lipinski definition) is 1. The van der Waals surface area contributed by atoms with Crippen molar-refractivity contribution in [3.8, 4) is 0 Å². The maximum atomic E-state index is 13.2. The standard InChI is InChI=1S/C21H24N2O3.C2H6/c1-21(2,12-13-26-3)22-20(25)23-17-10-6-4-8-15(17)14-19(24)16-9-5-7-11-18(16)23;1-2/h4-11H,12-14H2,1-3H3,(H,22,25);1-2H3. The van der Waals surface area contributed by atoms with E-state index in [9.17, 15) is 9.59 Å². The molecule has 0 bridgehead atoms. The van der Waals surface area contributed by atoms with Crippen molar-refractivity contribution in [1.29, 1.82) is 0 Å². The van der Waals surface area contributed by atoms with Crippen LogP contribution in [-0.2, 0) is 11.2 Å². The zero-order valence-electron chi connectivity index (χ0n) is 17.4. The van der Waals surface area contributed by atoms with Gasteiger partial charge in [-0.15, -0.1) is 0 Å². The quantitative estimate of drug-likeness (QED) is 0.799. The highest BCUT2D eigenvalue weighted by Crippen LogP contribution is 2.36. The van der Waals surface area contributed by atoms with Crippen LogP contribution in [0, 0.1) is 0 Å². The van der Waals surface area contributed by atoms with Gasteiger partial charge in [0, 0.05) is 31.2 Å². The minimum atomic E-state index is -0.437. The molecular formula is C23H30N2O3. The number of fused-ring (bicyclic) bond motifs is 2. The summed E-state index contributed by atoms with van der Waals surface area (Å²) in [6, 6.07) is 14.6. The number of benzene rings is 2. The molecule has 1 aliphatic rings. The molecule has 0 fully saturated rings. The van der Waals surface area contributed by atoms with E-state index in [0.29, 0.717) is 24.3 Å². The van der Waals surface area contributed by atoms with Crippen LogP contribution in [0.15, 0.2) is 48.5 Å². The summed E-state index contributed by atoms with van der Waals surface area (Å²) >= 11 is 0. The van der Waals surface area contributed by atoms with Gasteiger partial charge in [-0.2, -0.15) is 0 Å². The number of methoxy groups -OCH3 is 1. The van der Waals surface area contributed by atoms with E-state index in [1.54, 1.807) is 18.1 Å². The maximum absolute atomic E-state index is 13.2. The summed E-state index contributed by atoms with van der Waals surface area (Å²) < 4.78 is 5.14. The normalized spacial score (nSPS) is 12.9. The van der Waals surface area contributed by atoms with E-state index >= 15 is 0 Å². The number of para-hydroxylation sites is 2. The lowest BCUT2D eigenvalue weighted by molar-refractivity contribution is 0.0994. The second-order valence-electron chi connectivity index (χ2n) is 7.14. The average Bonchev–Trinajstić information content (AvgIpc) is 2.81. The van der Waals surface area contributed by atoms with Gasteiger partial charge in [0.15, 0.2) is 5.78 Å². The van der Waals surface area contributed by atoms with Crippen molar-refractivity contribution < 1.29 is 14.3 Å². The van der Waals surface area contributed by atoms with Crippen molar-refractivity contribution in [3.05, 3.63) is 59.7 Å². The number of nitrogens with one attached hydrogen (secondary N) is 1. The lowest BCUT2D eigenvalue weighted by Gasteiger charge is -2.31. The summed E-state index contributed by atoms with van der Waals surface area (Å²) in [4.78, 5) is 27.5. The molecule has 150 valence electrons. The predicted molar refractivity (Wildman–Crippen MR) is 114 cm³/mol. The molecule has 0 saturated heterocycles. The van der Waals surface area contributed by atoms with E-state index in [1.165, 1.54) is 0 Å². The second kappa shape index (κ2) is 9.51. The van der Waals surface area contributed by atoms with E-state index in [2.05, 4.69) is 5.32 Å². The molecule has 1 N–H and O–H groups in total. The molecular weight excluding hydrogens is 352 g/mol. The number of ether oxygens (including phenoxy) is 1. The number of anilines is 2. The molecule has 1 heterocycles. The fraction of sp³-hybridized carbons (Fsp3) is 0.391. The molecule has 0 radical (unpaired) electrons. The van der Waals surface area contributed by atoms with E-state index in [4.69, 9.17) is 4.74 Å². The molecule has 0 unspecified atom stereocenters. The Morgan fingerprint density at radius 1 is 1.07 bits per heavy atom. The maximum Gasteiger partial charge on any atom is 0.326 e. The third-order valence-corrected chi connectivity index (χ3v) is 4.61. The molecule has 0 saturated carbocycles. The molecule has 0 atom stereocenters. The van der Waals surface area contributed by atoms with E-state index in [1.807, 2.05) is 70.2 Å². The number of ketones is 1. The van der Waals surface area contributed by atoms with Crippen LogP contribution in [0.5, 0.6) is 0 Å². The minimum Gasteiger partial charge on any atom is -0.385 e. The summed E-state index contributed by atoms with van der Waals surface area (Å²) in [6.45, 7) is 8.48. The van der Waals surface area contributed by atoms with E-state index in [-0.39, 0.29) is 18.2 Å². The van der Waals surface area contributed by atoms with Crippen LogP contribution in [0.3, 0.4) is 0 Å².